The number of ether oxygens (including phenoxy) is 1. The van der Waals surface area contributed by atoms with Crippen molar-refractivity contribution in [1.29, 1.82) is 0 Å². The van der Waals surface area contributed by atoms with E-state index in [0.29, 0.717) is 6.61 Å². The van der Waals surface area contributed by atoms with E-state index >= 15 is 0 Å². The standard InChI is InChI=1S/C16H31NO3/c1-15(19)17-11-8-6-4-5-7-9-12-20-13-10-16(2,3)14-18/h14H,4-13H2,1-3H3,(H,17,19). The molecule has 0 aliphatic carbocycles. The van der Waals surface area contributed by atoms with Gasteiger partial charge in [0, 0.05) is 32.1 Å². The largest absolute Gasteiger partial charge is 0.381 e. The van der Waals surface area contributed by atoms with Crippen LogP contribution in [0.5, 0.6) is 0 Å². The number of rotatable bonds is 13. The topological polar surface area (TPSA) is 55.4 Å². The molecule has 4 nitrogen and oxygen atoms in total. The van der Waals surface area contributed by atoms with E-state index in [-0.39, 0.29) is 11.3 Å². The molecule has 20 heavy (non-hydrogen) atoms. The van der Waals surface area contributed by atoms with Gasteiger partial charge in [0.25, 0.3) is 0 Å². The van der Waals surface area contributed by atoms with Gasteiger partial charge in [-0.15, -0.1) is 0 Å². The average molecular weight is 285 g/mol. The van der Waals surface area contributed by atoms with Crippen molar-refractivity contribution >= 4 is 12.2 Å². The molecule has 0 radical (unpaired) electrons. The number of carbonyl (C=O) groups excluding carboxylic acids is 2. The van der Waals surface area contributed by atoms with Crippen molar-refractivity contribution in [2.24, 2.45) is 5.41 Å². The smallest absolute Gasteiger partial charge is 0.216 e. The molecule has 0 saturated carbocycles. The summed E-state index contributed by atoms with van der Waals surface area (Å²) in [7, 11) is 0. The summed E-state index contributed by atoms with van der Waals surface area (Å²) in [5, 5.41) is 2.80. The Balaban J connectivity index is 3.14. The van der Waals surface area contributed by atoms with E-state index in [1.165, 1.54) is 25.7 Å². The predicted molar refractivity (Wildman–Crippen MR) is 81.7 cm³/mol. The van der Waals surface area contributed by atoms with Gasteiger partial charge in [-0.25, -0.2) is 0 Å². The highest BCUT2D eigenvalue weighted by molar-refractivity contribution is 5.72. The Morgan fingerprint density at radius 1 is 1.05 bits per heavy atom. The summed E-state index contributed by atoms with van der Waals surface area (Å²) >= 11 is 0. The van der Waals surface area contributed by atoms with Gasteiger partial charge in [-0.05, 0) is 19.3 Å². The van der Waals surface area contributed by atoms with Gasteiger partial charge in [0.2, 0.25) is 5.91 Å². The molecule has 0 saturated heterocycles. The average Bonchev–Trinajstić information content (AvgIpc) is 2.39. The van der Waals surface area contributed by atoms with Crippen LogP contribution in [0.15, 0.2) is 0 Å². The molecule has 0 aliphatic heterocycles. The van der Waals surface area contributed by atoms with Crippen LogP contribution in [0.1, 0.15) is 65.7 Å². The Kier molecular flexibility index (Phi) is 11.4. The van der Waals surface area contributed by atoms with E-state index in [9.17, 15) is 9.59 Å². The van der Waals surface area contributed by atoms with Crippen molar-refractivity contribution in [3.8, 4) is 0 Å². The van der Waals surface area contributed by atoms with Crippen molar-refractivity contribution in [2.45, 2.75) is 65.7 Å². The van der Waals surface area contributed by atoms with Crippen molar-refractivity contribution < 1.29 is 14.3 Å². The number of unbranched alkanes of at least 4 members (excludes halogenated alkanes) is 5. The maximum atomic E-state index is 10.7. The minimum atomic E-state index is -0.256. The lowest BCUT2D eigenvalue weighted by Gasteiger charge is -2.16. The van der Waals surface area contributed by atoms with Gasteiger partial charge in [0.1, 0.15) is 6.29 Å². The normalized spacial score (nSPS) is 11.3. The van der Waals surface area contributed by atoms with Gasteiger partial charge >= 0.3 is 0 Å². The summed E-state index contributed by atoms with van der Waals surface area (Å²) in [6, 6.07) is 0. The highest BCUT2D eigenvalue weighted by Gasteiger charge is 2.15. The van der Waals surface area contributed by atoms with E-state index in [4.69, 9.17) is 4.74 Å². The summed E-state index contributed by atoms with van der Waals surface area (Å²) in [5.74, 6) is 0.0555. The van der Waals surface area contributed by atoms with Gasteiger partial charge in [-0.2, -0.15) is 0 Å². The minimum Gasteiger partial charge on any atom is -0.381 e. The highest BCUT2D eigenvalue weighted by Crippen LogP contribution is 2.16. The molecular formula is C16H31NO3. The van der Waals surface area contributed by atoms with E-state index < -0.39 is 0 Å². The first kappa shape index (κ1) is 19.1. The van der Waals surface area contributed by atoms with Crippen LogP contribution in [0.25, 0.3) is 0 Å². The molecule has 0 aromatic carbocycles. The first-order valence-electron chi connectivity index (χ1n) is 7.76. The van der Waals surface area contributed by atoms with Gasteiger partial charge in [0.05, 0.1) is 0 Å². The first-order valence-corrected chi connectivity index (χ1v) is 7.76. The second-order valence-electron chi connectivity index (χ2n) is 6.07. The van der Waals surface area contributed by atoms with Crippen LogP contribution >= 0.6 is 0 Å². The molecule has 0 atom stereocenters. The molecule has 0 aromatic rings. The summed E-state index contributed by atoms with van der Waals surface area (Å²) in [6.45, 7) is 7.68. The van der Waals surface area contributed by atoms with E-state index in [2.05, 4.69) is 5.32 Å². The van der Waals surface area contributed by atoms with Gasteiger partial charge in [0.15, 0.2) is 0 Å². The third-order valence-corrected chi connectivity index (χ3v) is 3.30. The van der Waals surface area contributed by atoms with E-state index in [1.54, 1.807) is 6.92 Å². The summed E-state index contributed by atoms with van der Waals surface area (Å²) in [6.07, 6.45) is 8.76. The Morgan fingerprint density at radius 3 is 2.25 bits per heavy atom. The molecule has 0 heterocycles. The Hall–Kier alpha value is -0.900. The molecule has 0 bridgehead atoms. The number of nitrogens with one attached hydrogen (secondary N) is 1. The Labute approximate surface area is 123 Å². The number of carbonyl (C=O) groups is 2. The lowest BCUT2D eigenvalue weighted by atomic mass is 9.92. The second kappa shape index (κ2) is 11.9. The van der Waals surface area contributed by atoms with Crippen molar-refractivity contribution in [3.63, 3.8) is 0 Å². The Bertz CT molecular complexity index is 264. The molecule has 0 aromatic heterocycles. The van der Waals surface area contributed by atoms with Crippen LogP contribution in [-0.2, 0) is 14.3 Å². The molecular weight excluding hydrogens is 254 g/mol. The zero-order chi connectivity index (χ0) is 15.3. The summed E-state index contributed by atoms with van der Waals surface area (Å²) < 4.78 is 5.54. The van der Waals surface area contributed by atoms with E-state index in [1.807, 2.05) is 13.8 Å². The molecule has 0 fully saturated rings. The van der Waals surface area contributed by atoms with Gasteiger partial charge in [-0.1, -0.05) is 39.5 Å². The van der Waals surface area contributed by atoms with Crippen LogP contribution in [0.4, 0.5) is 0 Å². The van der Waals surface area contributed by atoms with Crippen LogP contribution < -0.4 is 5.32 Å². The lowest BCUT2D eigenvalue weighted by molar-refractivity contribution is -0.119. The molecule has 0 rings (SSSR count). The quantitative estimate of drug-likeness (QED) is 0.418. The fourth-order valence-corrected chi connectivity index (χ4v) is 1.80. The number of amides is 1. The van der Waals surface area contributed by atoms with Crippen molar-refractivity contribution in [3.05, 3.63) is 0 Å². The molecule has 1 amide bonds. The van der Waals surface area contributed by atoms with Crippen LogP contribution in [0, 0.1) is 5.41 Å². The number of hydrogen-bond acceptors (Lipinski definition) is 3. The SMILES string of the molecule is CC(=O)NCCCCCCCCOCCC(C)(C)C=O. The van der Waals surface area contributed by atoms with Crippen LogP contribution in [0.3, 0.4) is 0 Å². The molecule has 118 valence electrons. The Morgan fingerprint density at radius 2 is 1.65 bits per heavy atom. The summed E-state index contributed by atoms with van der Waals surface area (Å²) in [4.78, 5) is 21.3. The van der Waals surface area contributed by atoms with Crippen LogP contribution in [-0.4, -0.2) is 32.0 Å². The maximum Gasteiger partial charge on any atom is 0.216 e. The predicted octanol–water partition coefficient (Wildman–Crippen LogP) is 3.09. The molecule has 1 N–H and O–H groups in total. The van der Waals surface area contributed by atoms with Gasteiger partial charge in [-0.3, -0.25) is 4.79 Å². The monoisotopic (exact) mass is 285 g/mol. The van der Waals surface area contributed by atoms with Gasteiger partial charge < -0.3 is 14.8 Å². The third kappa shape index (κ3) is 13.5. The number of aldehydes is 1. The van der Waals surface area contributed by atoms with Crippen molar-refractivity contribution in [2.75, 3.05) is 19.8 Å². The second-order valence-corrected chi connectivity index (χ2v) is 6.07. The zero-order valence-electron chi connectivity index (χ0n) is 13.4. The first-order chi connectivity index (χ1) is 9.48. The molecule has 0 aliphatic rings. The third-order valence-electron chi connectivity index (χ3n) is 3.30. The highest BCUT2D eigenvalue weighted by atomic mass is 16.5. The number of hydrogen-bond donors (Lipinski definition) is 1. The molecule has 0 spiro atoms. The van der Waals surface area contributed by atoms with E-state index in [0.717, 1.165) is 38.7 Å². The fourth-order valence-electron chi connectivity index (χ4n) is 1.80. The zero-order valence-corrected chi connectivity index (χ0v) is 13.4. The van der Waals surface area contributed by atoms with Crippen molar-refractivity contribution in [1.82, 2.24) is 5.32 Å². The minimum absolute atomic E-state index is 0.0555. The lowest BCUT2D eigenvalue weighted by Crippen LogP contribution is -2.20. The molecule has 4 heteroatoms. The maximum absolute atomic E-state index is 10.7. The van der Waals surface area contributed by atoms with Crippen LogP contribution in [0.2, 0.25) is 0 Å². The fraction of sp³-hybridized carbons (Fsp3) is 0.875. The summed E-state index contributed by atoms with van der Waals surface area (Å²) in [5.41, 5.74) is -0.256. The molecule has 0 unspecified atom stereocenters.